The summed E-state index contributed by atoms with van der Waals surface area (Å²) >= 11 is 19.3. The van der Waals surface area contributed by atoms with Crippen LogP contribution in [-0.4, -0.2) is 56.2 Å². The van der Waals surface area contributed by atoms with Crippen LogP contribution in [0.4, 0.5) is 5.82 Å². The van der Waals surface area contributed by atoms with Crippen LogP contribution < -0.4 is 10.8 Å². The number of hydrogen-bond donors (Lipinski definition) is 1. The molecule has 1 aromatic carbocycles. The van der Waals surface area contributed by atoms with Crippen molar-refractivity contribution in [3.8, 4) is 0 Å². The van der Waals surface area contributed by atoms with Crippen molar-refractivity contribution in [3.63, 3.8) is 0 Å². The van der Waals surface area contributed by atoms with Gasteiger partial charge in [-0.25, -0.2) is 22.4 Å². The van der Waals surface area contributed by atoms with E-state index in [2.05, 4.69) is 15.4 Å². The van der Waals surface area contributed by atoms with Crippen LogP contribution in [0.15, 0.2) is 46.4 Å². The highest BCUT2D eigenvalue weighted by molar-refractivity contribution is 7.89. The highest BCUT2D eigenvalue weighted by Gasteiger charge is 2.27. The molecular weight excluding hydrogens is 524 g/mol. The maximum Gasteiger partial charge on any atom is 0.245 e. The van der Waals surface area contributed by atoms with Gasteiger partial charge in [-0.1, -0.05) is 53.0 Å². The summed E-state index contributed by atoms with van der Waals surface area (Å²) in [5.41, 5.74) is 2.12. The number of aromatic nitrogens is 2. The average molecular weight is 543 g/mol. The number of benzene rings is 1. The Morgan fingerprint density at radius 2 is 2.06 bits per heavy atom. The molecule has 7 nitrogen and oxygen atoms in total. The summed E-state index contributed by atoms with van der Waals surface area (Å²) in [4.78, 5) is 4.70. The molecule has 13 heteroatoms. The number of rotatable bonds is 8. The molecule has 0 fully saturated rings. The van der Waals surface area contributed by atoms with Crippen molar-refractivity contribution in [1.29, 1.82) is 0 Å². The third-order valence-corrected chi connectivity index (χ3v) is 9.19. The van der Waals surface area contributed by atoms with Crippen LogP contribution in [-0.2, 0) is 10.0 Å². The molecule has 1 unspecified atom stereocenters. The van der Waals surface area contributed by atoms with E-state index in [-0.39, 0.29) is 15.4 Å². The Kier molecular flexibility index (Phi) is 7.55. The quantitative estimate of drug-likeness (QED) is 0.345. The number of fused-ring (bicyclic) bond motifs is 1. The van der Waals surface area contributed by atoms with Gasteiger partial charge in [0, 0.05) is 36.8 Å². The van der Waals surface area contributed by atoms with E-state index in [9.17, 15) is 8.42 Å². The molecule has 1 N–H and O–H groups in total. The first-order chi connectivity index (χ1) is 15.7. The lowest BCUT2D eigenvalue weighted by Gasteiger charge is -2.26. The molecule has 0 amide bonds. The van der Waals surface area contributed by atoms with Crippen molar-refractivity contribution in [3.05, 3.63) is 55.8 Å². The number of aliphatic imine (C=N–C) groups is 1. The number of hydrogen-bond acceptors (Lipinski definition) is 6. The third-order valence-electron chi connectivity index (χ3n) is 5.25. The van der Waals surface area contributed by atoms with Gasteiger partial charge in [-0.2, -0.15) is 5.10 Å². The lowest BCUT2D eigenvalue weighted by Crippen LogP contribution is -2.35. The molecule has 3 aromatic rings. The van der Waals surface area contributed by atoms with Gasteiger partial charge in [0.2, 0.25) is 10.0 Å². The first-order valence-corrected chi connectivity index (χ1v) is 13.4. The molecular formula is C20H19BCl3N5O2S2. The summed E-state index contributed by atoms with van der Waals surface area (Å²) < 4.78 is 29.0. The highest BCUT2D eigenvalue weighted by atomic mass is 35.5. The molecule has 1 aliphatic rings. The molecule has 2 aromatic heterocycles. The molecule has 1 aliphatic heterocycles. The van der Waals surface area contributed by atoms with Crippen LogP contribution in [0.1, 0.15) is 24.6 Å². The summed E-state index contributed by atoms with van der Waals surface area (Å²) in [6.07, 6.45) is 2.48. The van der Waals surface area contributed by atoms with E-state index in [4.69, 9.17) is 42.6 Å². The minimum atomic E-state index is -3.72. The van der Waals surface area contributed by atoms with Gasteiger partial charge in [-0.15, -0.1) is 11.3 Å². The maximum atomic E-state index is 12.8. The van der Waals surface area contributed by atoms with Gasteiger partial charge in [0.25, 0.3) is 0 Å². The van der Waals surface area contributed by atoms with Crippen LogP contribution in [0.25, 0.3) is 0 Å². The van der Waals surface area contributed by atoms with Gasteiger partial charge in [0.15, 0.2) is 0 Å². The van der Waals surface area contributed by atoms with Gasteiger partial charge >= 0.3 is 0 Å². The fraction of sp³-hybridized carbons (Fsp3) is 0.300. The van der Waals surface area contributed by atoms with Crippen molar-refractivity contribution in [2.75, 3.05) is 20.1 Å². The molecule has 0 spiro atoms. The van der Waals surface area contributed by atoms with E-state index in [1.807, 2.05) is 24.3 Å². The molecule has 3 heterocycles. The lowest BCUT2D eigenvalue weighted by molar-refractivity contribution is 0.365. The highest BCUT2D eigenvalue weighted by Crippen LogP contribution is 2.35. The fourth-order valence-corrected chi connectivity index (χ4v) is 7.10. The monoisotopic (exact) mass is 541 g/mol. The lowest BCUT2D eigenvalue weighted by atomic mass is 9.98. The van der Waals surface area contributed by atoms with Crippen molar-refractivity contribution in [1.82, 2.24) is 19.4 Å². The number of thiophene rings is 1. The molecule has 0 saturated carbocycles. The smallest absolute Gasteiger partial charge is 0.245 e. The molecule has 0 bridgehead atoms. The number of nitrogens with one attached hydrogen (secondary N) is 1. The second-order valence-electron chi connectivity index (χ2n) is 7.45. The van der Waals surface area contributed by atoms with Crippen LogP contribution in [0.2, 0.25) is 13.7 Å². The normalized spacial score (nSPS) is 16.2. The van der Waals surface area contributed by atoms with E-state index in [0.717, 1.165) is 22.6 Å². The summed E-state index contributed by atoms with van der Waals surface area (Å²) in [7, 11) is 3.87. The summed E-state index contributed by atoms with van der Waals surface area (Å²) in [6, 6.07) is 8.89. The Morgan fingerprint density at radius 1 is 1.30 bits per heavy atom. The zero-order valence-corrected chi connectivity index (χ0v) is 21.4. The average Bonchev–Trinajstić information content (AvgIpc) is 3.32. The van der Waals surface area contributed by atoms with Gasteiger partial charge in [0.05, 0.1) is 10.0 Å². The van der Waals surface area contributed by atoms with E-state index in [1.165, 1.54) is 17.4 Å². The predicted molar refractivity (Wildman–Crippen MR) is 136 cm³/mol. The van der Waals surface area contributed by atoms with Crippen molar-refractivity contribution in [2.45, 2.75) is 23.9 Å². The maximum absolute atomic E-state index is 12.8. The number of nitrogens with zero attached hydrogens (tertiary/aromatic N) is 4. The van der Waals surface area contributed by atoms with Crippen LogP contribution in [0.5, 0.6) is 0 Å². The summed E-state index contributed by atoms with van der Waals surface area (Å²) in [5, 5.41) is 8.39. The molecule has 172 valence electrons. The zero-order chi connectivity index (χ0) is 23.8. The first kappa shape index (κ1) is 24.7. The second-order valence-corrected chi connectivity index (χ2v) is 12.2. The number of sulfonamides is 1. The van der Waals surface area contributed by atoms with Crippen LogP contribution in [0.3, 0.4) is 0 Å². The topological polar surface area (TPSA) is 79.6 Å². The largest absolute Gasteiger partial charge is 0.295 e. The molecule has 33 heavy (non-hydrogen) atoms. The first-order valence-electron chi connectivity index (χ1n) is 9.98. The molecule has 0 aliphatic carbocycles. The predicted octanol–water partition coefficient (Wildman–Crippen LogP) is 4.02. The fourth-order valence-electron chi connectivity index (χ4n) is 3.54. The third kappa shape index (κ3) is 5.17. The Hall–Kier alpha value is -1.40. The van der Waals surface area contributed by atoms with Gasteiger partial charge in [-0.3, -0.25) is 5.32 Å². The Morgan fingerprint density at radius 3 is 2.76 bits per heavy atom. The Balaban J connectivity index is 1.42. The van der Waals surface area contributed by atoms with E-state index in [1.54, 1.807) is 10.9 Å². The standard InChI is InChI=1S/C20H19BCl3N5O2S2/c1-28(33(30,31)16-10-17(23)32-19(16)24)8-4-7-25-18-9-15(12-5-2-3-6-14(12)22)27-20-13(21)11-26-29(18)20/h2-3,5-6,10-11,18,25H,4,7-9H2,1H3. The summed E-state index contributed by atoms with van der Waals surface area (Å²) in [5.74, 6) is 0.567. The van der Waals surface area contributed by atoms with Crippen molar-refractivity contribution >= 4 is 81.0 Å². The molecule has 2 radical (unpaired) electrons. The van der Waals surface area contributed by atoms with Crippen molar-refractivity contribution < 1.29 is 8.42 Å². The van der Waals surface area contributed by atoms with Gasteiger partial charge < -0.3 is 0 Å². The second kappa shape index (κ2) is 10.1. The van der Waals surface area contributed by atoms with Crippen LogP contribution in [0, 0.1) is 0 Å². The molecule has 1 atom stereocenters. The van der Waals surface area contributed by atoms with E-state index in [0.29, 0.717) is 46.6 Å². The van der Waals surface area contributed by atoms with Crippen LogP contribution >= 0.6 is 46.1 Å². The van der Waals surface area contributed by atoms with E-state index < -0.39 is 10.0 Å². The zero-order valence-electron chi connectivity index (χ0n) is 17.5. The minimum Gasteiger partial charge on any atom is -0.295 e. The SMILES string of the molecule is [B]c1cnn2c1N=C(c1ccccc1Cl)CC2NCCCN(C)S(=O)(=O)c1cc(Cl)sc1Cl. The summed E-state index contributed by atoms with van der Waals surface area (Å²) in [6.45, 7) is 0.836. The Labute approximate surface area is 212 Å². The van der Waals surface area contributed by atoms with E-state index >= 15 is 0 Å². The van der Waals surface area contributed by atoms with Gasteiger partial charge in [-0.05, 0) is 30.6 Å². The number of halogens is 3. The minimum absolute atomic E-state index is 0.0270. The Bertz CT molecular complexity index is 1310. The van der Waals surface area contributed by atoms with Gasteiger partial charge in [0.1, 0.15) is 29.1 Å². The molecule has 0 saturated heterocycles. The van der Waals surface area contributed by atoms with Crippen molar-refractivity contribution in [2.24, 2.45) is 4.99 Å². The molecule has 4 rings (SSSR count).